The fraction of sp³-hybridized carbons (Fsp3) is 0.571. The van der Waals surface area contributed by atoms with Crippen LogP contribution in [0.3, 0.4) is 0 Å². The second-order valence-corrected chi connectivity index (χ2v) is 1.66. The molecule has 0 saturated heterocycles. The number of ether oxygens (including phenoxy) is 2. The molecule has 0 aliphatic carbocycles. The van der Waals surface area contributed by atoms with E-state index in [2.05, 4.69) is 16.1 Å². The van der Waals surface area contributed by atoms with Crippen LogP contribution < -0.4 is 0 Å². The first-order valence-electron chi connectivity index (χ1n) is 2.77. The molecule has 0 aliphatic heterocycles. The zero-order valence-corrected chi connectivity index (χ0v) is 6.72. The first kappa shape index (κ1) is 12.0. The first-order valence-corrected chi connectivity index (χ1v) is 2.77. The van der Waals surface area contributed by atoms with Gasteiger partial charge in [-0.25, -0.2) is 0 Å². The first-order chi connectivity index (χ1) is 4.68. The second kappa shape index (κ2) is 11.2. The zero-order valence-electron chi connectivity index (χ0n) is 6.72. The van der Waals surface area contributed by atoms with Crippen LogP contribution in [0.4, 0.5) is 0 Å². The van der Waals surface area contributed by atoms with E-state index in [1.165, 1.54) is 0 Å². The molecule has 60 valence electrons. The lowest BCUT2D eigenvalue weighted by Gasteiger charge is -1.87. The van der Waals surface area contributed by atoms with E-state index in [9.17, 15) is 4.79 Å². The molecule has 0 heterocycles. The van der Waals surface area contributed by atoms with E-state index < -0.39 is 0 Å². The van der Waals surface area contributed by atoms with Gasteiger partial charge in [-0.2, -0.15) is 0 Å². The van der Waals surface area contributed by atoms with E-state index in [0.29, 0.717) is 12.4 Å². The van der Waals surface area contributed by atoms with Crippen molar-refractivity contribution in [3.05, 3.63) is 12.2 Å². The molecule has 0 bridgehead atoms. The molecule has 0 fully saturated rings. The third-order valence-electron chi connectivity index (χ3n) is 0.437. The molecule has 0 atom stereocenters. The number of rotatable bonds is 3. The van der Waals surface area contributed by atoms with Crippen molar-refractivity contribution < 1.29 is 14.3 Å². The predicted octanol–water partition coefficient (Wildman–Crippen LogP) is 0.998. The van der Waals surface area contributed by atoms with Gasteiger partial charge < -0.3 is 9.47 Å². The predicted molar refractivity (Wildman–Crippen MR) is 39.8 cm³/mol. The van der Waals surface area contributed by atoms with Crippen LogP contribution in [0.5, 0.6) is 0 Å². The maximum absolute atomic E-state index is 9.41. The Morgan fingerprint density at radius 1 is 1.50 bits per heavy atom. The molecular weight excluding hydrogens is 132 g/mol. The fourth-order valence-electron chi connectivity index (χ4n) is 0.118. The van der Waals surface area contributed by atoms with Gasteiger partial charge in [0.25, 0.3) is 0 Å². The van der Waals surface area contributed by atoms with E-state index in [1.807, 2.05) is 0 Å². The topological polar surface area (TPSA) is 35.5 Å². The third kappa shape index (κ3) is 26.5. The summed E-state index contributed by atoms with van der Waals surface area (Å²) >= 11 is 0. The summed E-state index contributed by atoms with van der Waals surface area (Å²) in [7, 11) is 3.17. The van der Waals surface area contributed by atoms with Crippen molar-refractivity contribution in [2.45, 2.75) is 6.92 Å². The highest BCUT2D eigenvalue weighted by Gasteiger charge is 1.66. The number of methoxy groups -OCH3 is 2. The van der Waals surface area contributed by atoms with Crippen LogP contribution in [0.25, 0.3) is 0 Å². The number of aldehydes is 1. The van der Waals surface area contributed by atoms with Crippen molar-refractivity contribution in [3.63, 3.8) is 0 Å². The molecule has 0 N–H and O–H groups in total. The Hall–Kier alpha value is -0.670. The van der Waals surface area contributed by atoms with Crippen LogP contribution in [-0.4, -0.2) is 27.3 Å². The van der Waals surface area contributed by atoms with Gasteiger partial charge >= 0.3 is 0 Å². The number of hydrogen-bond acceptors (Lipinski definition) is 3. The lowest BCUT2D eigenvalue weighted by Crippen LogP contribution is -1.87. The average molecular weight is 146 g/mol. The Morgan fingerprint density at radius 2 is 1.80 bits per heavy atom. The Labute approximate surface area is 61.6 Å². The molecule has 0 aliphatic rings. The number of hydrogen-bond donors (Lipinski definition) is 0. The third-order valence-corrected chi connectivity index (χ3v) is 0.437. The summed E-state index contributed by atoms with van der Waals surface area (Å²) in [5.74, 6) is 0. The zero-order chi connectivity index (χ0) is 8.41. The van der Waals surface area contributed by atoms with Crippen molar-refractivity contribution in [2.75, 3.05) is 21.0 Å². The van der Waals surface area contributed by atoms with Crippen molar-refractivity contribution in [1.82, 2.24) is 0 Å². The molecule has 10 heavy (non-hydrogen) atoms. The maximum atomic E-state index is 9.41. The lowest BCUT2D eigenvalue weighted by molar-refractivity contribution is -0.104. The molecule has 0 rings (SSSR count). The second-order valence-electron chi connectivity index (χ2n) is 1.66. The average Bonchev–Trinajstić information content (AvgIpc) is 1.91. The molecule has 0 amide bonds. The largest absolute Gasteiger partial charge is 0.359 e. The van der Waals surface area contributed by atoms with Gasteiger partial charge in [0.05, 0.1) is 0 Å². The van der Waals surface area contributed by atoms with Gasteiger partial charge in [0, 0.05) is 14.2 Å². The van der Waals surface area contributed by atoms with Crippen LogP contribution in [-0.2, 0) is 14.3 Å². The Bertz CT molecular complexity index is 86.9. The fourth-order valence-corrected chi connectivity index (χ4v) is 0.118. The van der Waals surface area contributed by atoms with Gasteiger partial charge in [0.15, 0.2) is 0 Å². The SMILES string of the molecule is C=C(C)C=O.COCOC. The Morgan fingerprint density at radius 3 is 1.80 bits per heavy atom. The van der Waals surface area contributed by atoms with Gasteiger partial charge in [-0.1, -0.05) is 6.58 Å². The molecule has 3 heteroatoms. The van der Waals surface area contributed by atoms with Gasteiger partial charge in [-0.05, 0) is 12.5 Å². The standard InChI is InChI=1S/C4H6O.C3H8O2/c1-4(2)3-5;1-4-3-5-2/h3H,1H2,2H3;3H2,1-2H3. The minimum absolute atomic E-state index is 0.389. The summed E-state index contributed by atoms with van der Waals surface area (Å²) in [4.78, 5) is 9.41. The normalized spacial score (nSPS) is 7.50. The van der Waals surface area contributed by atoms with Crippen LogP contribution in [0.1, 0.15) is 6.92 Å². The number of carbonyl (C=O) groups excluding carboxylic acids is 1. The van der Waals surface area contributed by atoms with Crippen molar-refractivity contribution in [1.29, 1.82) is 0 Å². The van der Waals surface area contributed by atoms with Gasteiger partial charge in [-0.15, -0.1) is 0 Å². The quantitative estimate of drug-likeness (QED) is 0.338. The number of allylic oxidation sites excluding steroid dienone is 1. The highest BCUT2D eigenvalue weighted by Crippen LogP contribution is 1.70. The minimum atomic E-state index is 0.389. The Balaban J connectivity index is 0. The molecule has 0 aromatic heterocycles. The summed E-state index contributed by atoms with van der Waals surface area (Å²) in [5, 5.41) is 0. The molecule has 0 aromatic carbocycles. The van der Waals surface area contributed by atoms with Gasteiger partial charge in [0.2, 0.25) is 0 Å². The van der Waals surface area contributed by atoms with Crippen LogP contribution in [0, 0.1) is 0 Å². The highest BCUT2D eigenvalue weighted by atomic mass is 16.6. The summed E-state index contributed by atoms with van der Waals surface area (Å²) in [6, 6.07) is 0. The summed E-state index contributed by atoms with van der Waals surface area (Å²) in [6.07, 6.45) is 0.722. The number of carbonyl (C=O) groups is 1. The monoisotopic (exact) mass is 146 g/mol. The molecule has 3 nitrogen and oxygen atoms in total. The van der Waals surface area contributed by atoms with Crippen molar-refractivity contribution in [2.24, 2.45) is 0 Å². The van der Waals surface area contributed by atoms with Gasteiger partial charge in [-0.3, -0.25) is 4.79 Å². The summed E-state index contributed by atoms with van der Waals surface area (Å²) in [5.41, 5.74) is 0.574. The van der Waals surface area contributed by atoms with Gasteiger partial charge in [0.1, 0.15) is 13.1 Å². The molecular formula is C7H14O3. The van der Waals surface area contributed by atoms with E-state index >= 15 is 0 Å². The summed E-state index contributed by atoms with van der Waals surface area (Å²) in [6.45, 7) is 5.35. The van der Waals surface area contributed by atoms with E-state index in [-0.39, 0.29) is 0 Å². The molecule has 0 radical (unpaired) electrons. The van der Waals surface area contributed by atoms with Crippen molar-refractivity contribution in [3.8, 4) is 0 Å². The van der Waals surface area contributed by atoms with Crippen molar-refractivity contribution >= 4 is 6.29 Å². The Kier molecular flexibility index (Phi) is 13.5. The molecule has 0 aromatic rings. The lowest BCUT2D eigenvalue weighted by atomic mass is 10.4. The highest BCUT2D eigenvalue weighted by molar-refractivity contribution is 5.70. The van der Waals surface area contributed by atoms with E-state index in [1.54, 1.807) is 21.1 Å². The minimum Gasteiger partial charge on any atom is -0.359 e. The molecule has 0 unspecified atom stereocenters. The smallest absolute Gasteiger partial charge is 0.145 e. The summed E-state index contributed by atoms with van der Waals surface area (Å²) < 4.78 is 8.94. The van der Waals surface area contributed by atoms with Crippen LogP contribution in [0.2, 0.25) is 0 Å². The van der Waals surface area contributed by atoms with E-state index in [4.69, 9.17) is 0 Å². The van der Waals surface area contributed by atoms with E-state index in [0.717, 1.165) is 6.29 Å². The van der Waals surface area contributed by atoms with Crippen LogP contribution in [0.15, 0.2) is 12.2 Å². The molecule has 0 spiro atoms. The molecule has 0 saturated carbocycles. The van der Waals surface area contributed by atoms with Crippen LogP contribution >= 0.6 is 0 Å². The maximum Gasteiger partial charge on any atom is 0.145 e.